The standard InChI is InChI=1S/C15H20O2/c1-17-13(16)8-15-9-14(15)6-5-10-3-2-4-11(15)7-12(10)14/h2-3,10-12H,4-9H2,1H3/t10-,11+,12-,14?,15+/m1/s1. The van der Waals surface area contributed by atoms with E-state index in [1.54, 1.807) is 0 Å². The van der Waals surface area contributed by atoms with Crippen molar-refractivity contribution >= 4 is 5.97 Å². The number of fused-ring (bicyclic) bond motifs is 2. The van der Waals surface area contributed by atoms with Crippen molar-refractivity contribution in [3.05, 3.63) is 12.2 Å². The zero-order valence-electron chi connectivity index (χ0n) is 10.4. The Morgan fingerprint density at radius 2 is 2.41 bits per heavy atom. The summed E-state index contributed by atoms with van der Waals surface area (Å²) in [6, 6.07) is 0. The van der Waals surface area contributed by atoms with E-state index < -0.39 is 0 Å². The molecule has 4 rings (SSSR count). The molecule has 2 heteroatoms. The Balaban J connectivity index is 1.71. The fourth-order valence-electron chi connectivity index (χ4n) is 5.74. The van der Waals surface area contributed by atoms with Gasteiger partial charge in [0.15, 0.2) is 0 Å². The highest BCUT2D eigenvalue weighted by Gasteiger charge is 2.79. The molecule has 0 aromatic heterocycles. The first-order chi connectivity index (χ1) is 8.22. The fourth-order valence-corrected chi connectivity index (χ4v) is 5.74. The van der Waals surface area contributed by atoms with E-state index in [0.29, 0.717) is 17.3 Å². The number of hydrogen-bond donors (Lipinski definition) is 0. The molecule has 0 aromatic carbocycles. The van der Waals surface area contributed by atoms with E-state index in [-0.39, 0.29) is 5.97 Å². The molecule has 17 heavy (non-hydrogen) atoms. The van der Waals surface area contributed by atoms with E-state index in [2.05, 4.69) is 12.2 Å². The number of allylic oxidation sites excluding steroid dienone is 2. The number of methoxy groups -OCH3 is 1. The summed E-state index contributed by atoms with van der Waals surface area (Å²) in [6.07, 6.45) is 12.1. The van der Waals surface area contributed by atoms with Crippen LogP contribution < -0.4 is 0 Å². The zero-order chi connectivity index (χ0) is 11.7. The van der Waals surface area contributed by atoms with Crippen LogP contribution in [0.1, 0.15) is 38.5 Å². The van der Waals surface area contributed by atoms with Gasteiger partial charge in [0.2, 0.25) is 0 Å². The predicted octanol–water partition coefficient (Wildman–Crippen LogP) is 2.93. The first-order valence-electron chi connectivity index (χ1n) is 6.95. The van der Waals surface area contributed by atoms with E-state index in [9.17, 15) is 4.79 Å². The average Bonchev–Trinajstić information content (AvgIpc) is 2.79. The van der Waals surface area contributed by atoms with Crippen LogP contribution in [-0.2, 0) is 9.53 Å². The second-order valence-electron chi connectivity index (χ2n) is 6.65. The van der Waals surface area contributed by atoms with E-state index in [1.165, 1.54) is 39.2 Å². The molecular weight excluding hydrogens is 212 g/mol. The minimum atomic E-state index is 0.0144. The number of esters is 1. The predicted molar refractivity (Wildman–Crippen MR) is 64.2 cm³/mol. The minimum absolute atomic E-state index is 0.0144. The van der Waals surface area contributed by atoms with Gasteiger partial charge in [0.05, 0.1) is 13.5 Å². The monoisotopic (exact) mass is 232 g/mol. The second kappa shape index (κ2) is 2.96. The molecule has 0 amide bonds. The molecule has 4 aliphatic rings. The Kier molecular flexibility index (Phi) is 1.77. The Morgan fingerprint density at radius 1 is 1.53 bits per heavy atom. The third-order valence-corrected chi connectivity index (χ3v) is 6.46. The third kappa shape index (κ3) is 1.01. The maximum atomic E-state index is 11.7. The van der Waals surface area contributed by atoms with Crippen LogP contribution in [0.15, 0.2) is 12.2 Å². The van der Waals surface area contributed by atoms with Crippen LogP contribution in [0.5, 0.6) is 0 Å². The van der Waals surface area contributed by atoms with Gasteiger partial charge in [0, 0.05) is 0 Å². The molecule has 1 unspecified atom stereocenters. The van der Waals surface area contributed by atoms with Gasteiger partial charge in [-0.3, -0.25) is 4.79 Å². The fraction of sp³-hybridized carbons (Fsp3) is 0.800. The van der Waals surface area contributed by atoms with E-state index in [4.69, 9.17) is 4.74 Å². The van der Waals surface area contributed by atoms with Crippen molar-refractivity contribution in [2.24, 2.45) is 28.6 Å². The largest absolute Gasteiger partial charge is 0.469 e. The van der Waals surface area contributed by atoms with Crippen LogP contribution in [0, 0.1) is 28.6 Å². The van der Waals surface area contributed by atoms with E-state index in [0.717, 1.165) is 17.8 Å². The summed E-state index contributed by atoms with van der Waals surface area (Å²) in [4.78, 5) is 11.7. The molecule has 3 saturated carbocycles. The second-order valence-corrected chi connectivity index (χ2v) is 6.65. The van der Waals surface area contributed by atoms with Crippen LogP contribution in [-0.4, -0.2) is 13.1 Å². The van der Waals surface area contributed by atoms with Crippen molar-refractivity contribution in [2.75, 3.05) is 7.11 Å². The van der Waals surface area contributed by atoms with Crippen LogP contribution >= 0.6 is 0 Å². The van der Waals surface area contributed by atoms with Gasteiger partial charge in [-0.05, 0) is 60.7 Å². The Morgan fingerprint density at radius 3 is 3.24 bits per heavy atom. The molecule has 4 aliphatic carbocycles. The van der Waals surface area contributed by atoms with Crippen molar-refractivity contribution in [3.8, 4) is 0 Å². The molecule has 0 heterocycles. The minimum Gasteiger partial charge on any atom is -0.469 e. The lowest BCUT2D eigenvalue weighted by atomic mass is 9.82. The van der Waals surface area contributed by atoms with E-state index in [1.807, 2.05) is 0 Å². The summed E-state index contributed by atoms with van der Waals surface area (Å²) in [5.74, 6) is 2.48. The molecule has 0 aliphatic heterocycles. The molecule has 3 fully saturated rings. The van der Waals surface area contributed by atoms with Crippen LogP contribution in [0.2, 0.25) is 0 Å². The highest BCUT2D eigenvalue weighted by atomic mass is 16.5. The summed E-state index contributed by atoms with van der Waals surface area (Å²) in [6.45, 7) is 0. The first kappa shape index (κ1) is 10.2. The van der Waals surface area contributed by atoms with Gasteiger partial charge in [-0.2, -0.15) is 0 Å². The Hall–Kier alpha value is -0.790. The lowest BCUT2D eigenvalue weighted by Crippen LogP contribution is -2.21. The summed E-state index contributed by atoms with van der Waals surface area (Å²) in [5.41, 5.74) is 0.881. The van der Waals surface area contributed by atoms with Crippen molar-refractivity contribution < 1.29 is 9.53 Å². The van der Waals surface area contributed by atoms with Crippen molar-refractivity contribution in [3.63, 3.8) is 0 Å². The van der Waals surface area contributed by atoms with Crippen molar-refractivity contribution in [1.82, 2.24) is 0 Å². The number of hydrogen-bond acceptors (Lipinski definition) is 2. The number of carbonyl (C=O) groups excluding carboxylic acids is 1. The SMILES string of the molecule is COC(=O)C[C@@]12CC13CC[C@H]1C=CC[C@H]2C[C@H]13. The summed E-state index contributed by atoms with van der Waals surface area (Å²) in [7, 11) is 1.53. The van der Waals surface area contributed by atoms with Gasteiger partial charge in [-0.1, -0.05) is 12.2 Å². The van der Waals surface area contributed by atoms with Gasteiger partial charge in [-0.25, -0.2) is 0 Å². The summed E-state index contributed by atoms with van der Waals surface area (Å²) in [5, 5.41) is 0. The molecular formula is C15H20O2. The molecule has 0 radical (unpaired) electrons. The van der Waals surface area contributed by atoms with Gasteiger partial charge in [-0.15, -0.1) is 0 Å². The molecule has 92 valence electrons. The first-order valence-corrected chi connectivity index (χ1v) is 6.95. The molecule has 0 aromatic rings. The highest BCUT2D eigenvalue weighted by Crippen LogP contribution is 2.86. The number of rotatable bonds is 2. The van der Waals surface area contributed by atoms with Gasteiger partial charge >= 0.3 is 5.97 Å². The lowest BCUT2D eigenvalue weighted by molar-refractivity contribution is -0.142. The smallest absolute Gasteiger partial charge is 0.306 e. The maximum Gasteiger partial charge on any atom is 0.306 e. The van der Waals surface area contributed by atoms with Crippen LogP contribution in [0.3, 0.4) is 0 Å². The van der Waals surface area contributed by atoms with Crippen molar-refractivity contribution in [2.45, 2.75) is 38.5 Å². The number of carbonyl (C=O) groups is 1. The highest BCUT2D eigenvalue weighted by molar-refractivity contribution is 5.71. The third-order valence-electron chi connectivity index (χ3n) is 6.46. The Bertz CT molecular complexity index is 413. The Labute approximate surface area is 102 Å². The molecule has 2 nitrogen and oxygen atoms in total. The normalized spacial score (nSPS) is 53.1. The van der Waals surface area contributed by atoms with E-state index >= 15 is 0 Å². The molecule has 2 bridgehead atoms. The number of ether oxygens (including phenoxy) is 1. The topological polar surface area (TPSA) is 26.3 Å². The van der Waals surface area contributed by atoms with Crippen LogP contribution in [0.4, 0.5) is 0 Å². The zero-order valence-corrected chi connectivity index (χ0v) is 10.4. The summed E-state index contributed by atoms with van der Waals surface area (Å²) >= 11 is 0. The molecule has 0 N–H and O–H groups in total. The quantitative estimate of drug-likeness (QED) is 0.540. The van der Waals surface area contributed by atoms with Gasteiger partial charge < -0.3 is 4.74 Å². The molecule has 1 spiro atoms. The van der Waals surface area contributed by atoms with Gasteiger partial charge in [0.25, 0.3) is 0 Å². The van der Waals surface area contributed by atoms with Crippen molar-refractivity contribution in [1.29, 1.82) is 0 Å². The average molecular weight is 232 g/mol. The van der Waals surface area contributed by atoms with Gasteiger partial charge in [0.1, 0.15) is 0 Å². The molecule has 5 atom stereocenters. The van der Waals surface area contributed by atoms with Crippen LogP contribution in [0.25, 0.3) is 0 Å². The maximum absolute atomic E-state index is 11.7. The molecule has 0 saturated heterocycles. The lowest BCUT2D eigenvalue weighted by Gasteiger charge is -2.22. The summed E-state index contributed by atoms with van der Waals surface area (Å²) < 4.78 is 4.93.